The monoisotopic (exact) mass is 622 g/mol. The van der Waals surface area contributed by atoms with Crippen molar-refractivity contribution in [3.05, 3.63) is 47.2 Å². The van der Waals surface area contributed by atoms with Crippen molar-refractivity contribution in [2.75, 3.05) is 62.8 Å². The second-order valence-corrected chi connectivity index (χ2v) is 11.7. The van der Waals surface area contributed by atoms with E-state index in [1.807, 2.05) is 0 Å². The van der Waals surface area contributed by atoms with Crippen LogP contribution in [0.15, 0.2) is 30.3 Å². The first-order valence-electron chi connectivity index (χ1n) is 14.4. The van der Waals surface area contributed by atoms with Crippen molar-refractivity contribution in [2.45, 2.75) is 37.0 Å². The van der Waals surface area contributed by atoms with Crippen LogP contribution in [0.3, 0.4) is 0 Å². The van der Waals surface area contributed by atoms with Gasteiger partial charge in [0.05, 0.1) is 24.6 Å². The number of likely N-dealkylation sites (tertiary alicyclic amines) is 1. The quantitative estimate of drug-likeness (QED) is 0.425. The van der Waals surface area contributed by atoms with Crippen LogP contribution in [-0.2, 0) is 20.5 Å². The number of aliphatic carboxylic acids is 1. The lowest BCUT2D eigenvalue weighted by Crippen LogP contribution is -2.47. The average Bonchev–Trinajstić information content (AvgIpc) is 3.61. The number of hydrogen-bond donors (Lipinski definition) is 2. The summed E-state index contributed by atoms with van der Waals surface area (Å²) >= 11 is 0. The van der Waals surface area contributed by atoms with Crippen molar-refractivity contribution in [3.8, 4) is 0 Å². The van der Waals surface area contributed by atoms with E-state index in [9.17, 15) is 32.7 Å². The fourth-order valence-corrected chi connectivity index (χ4v) is 6.50. The first kappa shape index (κ1) is 31.4. The van der Waals surface area contributed by atoms with Crippen LogP contribution in [0, 0.1) is 11.8 Å². The molecule has 238 valence electrons. The second kappa shape index (κ2) is 12.2. The number of methoxy groups -OCH3 is 1. The molecule has 2 amide bonds. The van der Waals surface area contributed by atoms with Gasteiger partial charge in [0.15, 0.2) is 11.5 Å². The Morgan fingerprint density at radius 2 is 1.80 bits per heavy atom. The SMILES string of the molecule is COC[C@H]1CN(C(=O)[C@@]2(F)CCN(c3ccc(C(N)=O)nn3)C2)C[C@@H]1c1ccc(C(F)(F)F)cc1N1CCC(C(=O)O)CC1. The molecule has 5 rings (SSSR count). The number of aromatic nitrogens is 2. The van der Waals surface area contributed by atoms with Gasteiger partial charge in [-0.1, -0.05) is 6.07 Å². The van der Waals surface area contributed by atoms with Crippen molar-refractivity contribution in [3.63, 3.8) is 0 Å². The summed E-state index contributed by atoms with van der Waals surface area (Å²) in [7, 11) is 1.49. The van der Waals surface area contributed by atoms with Crippen LogP contribution in [0.2, 0.25) is 0 Å². The molecule has 0 radical (unpaired) electrons. The van der Waals surface area contributed by atoms with Crippen LogP contribution in [-0.4, -0.2) is 96.6 Å². The maximum Gasteiger partial charge on any atom is 0.416 e. The molecule has 3 aliphatic rings. The Hall–Kier alpha value is -4.01. The maximum absolute atomic E-state index is 16.2. The predicted molar refractivity (Wildman–Crippen MR) is 150 cm³/mol. The molecule has 0 aliphatic carbocycles. The fourth-order valence-electron chi connectivity index (χ4n) is 6.50. The number of alkyl halides is 4. The highest BCUT2D eigenvalue weighted by molar-refractivity contribution is 5.90. The van der Waals surface area contributed by atoms with Crippen molar-refractivity contribution >= 4 is 29.3 Å². The number of carbonyl (C=O) groups is 3. The molecule has 4 heterocycles. The fraction of sp³-hybridized carbons (Fsp3) is 0.552. The number of benzene rings is 1. The van der Waals surface area contributed by atoms with Gasteiger partial charge in [-0.05, 0) is 42.7 Å². The van der Waals surface area contributed by atoms with Gasteiger partial charge < -0.3 is 30.3 Å². The van der Waals surface area contributed by atoms with E-state index in [-0.39, 0.29) is 76.7 Å². The predicted octanol–water partition coefficient (Wildman–Crippen LogP) is 2.70. The van der Waals surface area contributed by atoms with Crippen LogP contribution < -0.4 is 15.5 Å². The first-order chi connectivity index (χ1) is 20.8. The first-order valence-corrected chi connectivity index (χ1v) is 14.4. The van der Waals surface area contributed by atoms with E-state index in [0.29, 0.717) is 17.1 Å². The van der Waals surface area contributed by atoms with Gasteiger partial charge in [0.1, 0.15) is 0 Å². The summed E-state index contributed by atoms with van der Waals surface area (Å²) in [6.45, 7) is 0.860. The molecule has 3 N–H and O–H groups in total. The maximum atomic E-state index is 16.2. The lowest BCUT2D eigenvalue weighted by Gasteiger charge is -2.35. The lowest BCUT2D eigenvalue weighted by atomic mass is 9.86. The molecular formula is C29H34F4N6O5. The molecule has 1 aromatic heterocycles. The summed E-state index contributed by atoms with van der Waals surface area (Å²) in [5.41, 5.74) is 3.01. The van der Waals surface area contributed by atoms with E-state index in [1.54, 1.807) is 9.80 Å². The molecule has 3 aliphatic heterocycles. The summed E-state index contributed by atoms with van der Waals surface area (Å²) in [6, 6.07) is 6.36. The number of primary amides is 1. The number of carboxylic acids is 1. The van der Waals surface area contributed by atoms with Gasteiger partial charge in [0.2, 0.25) is 5.67 Å². The summed E-state index contributed by atoms with van der Waals surface area (Å²) in [5, 5.41) is 17.1. The minimum atomic E-state index is -4.59. The van der Waals surface area contributed by atoms with E-state index < -0.39 is 47.0 Å². The number of carbonyl (C=O) groups excluding carboxylic acids is 2. The number of ether oxygens (including phenoxy) is 1. The lowest BCUT2D eigenvalue weighted by molar-refractivity contribution is -0.142. The summed E-state index contributed by atoms with van der Waals surface area (Å²) in [4.78, 5) is 41.2. The van der Waals surface area contributed by atoms with Gasteiger partial charge in [-0.15, -0.1) is 10.2 Å². The highest BCUT2D eigenvalue weighted by Gasteiger charge is 2.51. The number of nitrogens with zero attached hydrogens (tertiary/aromatic N) is 5. The third-order valence-corrected chi connectivity index (χ3v) is 8.88. The molecule has 11 nitrogen and oxygen atoms in total. The zero-order valence-electron chi connectivity index (χ0n) is 24.1. The zero-order chi connectivity index (χ0) is 31.8. The van der Waals surface area contributed by atoms with Gasteiger partial charge >= 0.3 is 12.1 Å². The third-order valence-electron chi connectivity index (χ3n) is 8.88. The Morgan fingerprint density at radius 3 is 2.39 bits per heavy atom. The van der Waals surface area contributed by atoms with E-state index in [4.69, 9.17) is 10.5 Å². The van der Waals surface area contributed by atoms with E-state index >= 15 is 4.39 Å². The Labute approximate surface area is 250 Å². The van der Waals surface area contributed by atoms with Crippen molar-refractivity contribution < 1.29 is 41.8 Å². The molecule has 3 atom stereocenters. The van der Waals surface area contributed by atoms with Crippen LogP contribution in [0.5, 0.6) is 0 Å². The number of carboxylic acid groups (broad SMARTS) is 1. The molecule has 0 unspecified atom stereocenters. The number of piperidine rings is 1. The Bertz CT molecular complexity index is 1400. The van der Waals surface area contributed by atoms with Crippen molar-refractivity contribution in [1.29, 1.82) is 0 Å². The standard InChI is InChI=1S/C29H34F4N6O5/c1-44-15-18-13-39(27(43)28(30)8-11-38(16-28)24-5-4-22(25(34)40)35-36-24)14-21(18)20-3-2-19(29(31,32)33)12-23(20)37-9-6-17(7-10-37)26(41)42/h2-5,12,17-18,21H,6-11,13-16H2,1H3,(H2,34,40)(H,41,42)/t18-,21+,28-/m1/s1. The number of hydrogen-bond acceptors (Lipinski definition) is 8. The number of amides is 2. The Kier molecular flexibility index (Phi) is 8.69. The molecule has 44 heavy (non-hydrogen) atoms. The van der Waals surface area contributed by atoms with E-state index in [2.05, 4.69) is 10.2 Å². The van der Waals surface area contributed by atoms with Gasteiger partial charge in [0, 0.05) is 63.8 Å². The highest BCUT2D eigenvalue weighted by Crippen LogP contribution is 2.43. The smallest absolute Gasteiger partial charge is 0.416 e. The summed E-state index contributed by atoms with van der Waals surface area (Å²) < 4.78 is 62.9. The third kappa shape index (κ3) is 6.28. The zero-order valence-corrected chi connectivity index (χ0v) is 24.1. The number of anilines is 2. The number of nitrogens with two attached hydrogens (primary N) is 1. The molecular weight excluding hydrogens is 588 g/mol. The molecule has 3 fully saturated rings. The molecule has 15 heteroatoms. The number of rotatable bonds is 8. The summed E-state index contributed by atoms with van der Waals surface area (Å²) in [6.07, 6.45) is -4.11. The van der Waals surface area contributed by atoms with Crippen LogP contribution in [0.1, 0.15) is 46.8 Å². The summed E-state index contributed by atoms with van der Waals surface area (Å²) in [5.74, 6) is -3.44. The molecule has 0 bridgehead atoms. The molecule has 3 saturated heterocycles. The number of halogens is 4. The van der Waals surface area contributed by atoms with Crippen LogP contribution in [0.25, 0.3) is 0 Å². The van der Waals surface area contributed by atoms with Gasteiger partial charge in [-0.25, -0.2) is 4.39 Å². The van der Waals surface area contributed by atoms with Crippen LogP contribution in [0.4, 0.5) is 29.1 Å². The average molecular weight is 623 g/mol. The van der Waals surface area contributed by atoms with Gasteiger partial charge in [-0.3, -0.25) is 14.4 Å². The van der Waals surface area contributed by atoms with Gasteiger partial charge in [0.25, 0.3) is 11.8 Å². The normalized spacial score (nSPS) is 24.6. The highest BCUT2D eigenvalue weighted by atomic mass is 19.4. The largest absolute Gasteiger partial charge is 0.481 e. The van der Waals surface area contributed by atoms with E-state index in [1.165, 1.54) is 30.2 Å². The molecule has 0 saturated carbocycles. The van der Waals surface area contributed by atoms with Gasteiger partial charge in [-0.2, -0.15) is 13.2 Å². The topological polar surface area (TPSA) is 142 Å². The Balaban J connectivity index is 1.38. The second-order valence-electron chi connectivity index (χ2n) is 11.7. The Morgan fingerprint density at radius 1 is 1.07 bits per heavy atom. The minimum Gasteiger partial charge on any atom is -0.481 e. The molecule has 2 aromatic rings. The molecule has 1 aromatic carbocycles. The van der Waals surface area contributed by atoms with E-state index in [0.717, 1.165) is 12.1 Å². The minimum absolute atomic E-state index is 0.0447. The van der Waals surface area contributed by atoms with Crippen molar-refractivity contribution in [2.24, 2.45) is 17.6 Å². The van der Waals surface area contributed by atoms with Crippen LogP contribution >= 0.6 is 0 Å². The molecule has 0 spiro atoms. The van der Waals surface area contributed by atoms with Crippen molar-refractivity contribution in [1.82, 2.24) is 15.1 Å².